The smallest absolute Gasteiger partial charge is 0.246 e. The van der Waals surface area contributed by atoms with E-state index < -0.39 is 10.0 Å². The third kappa shape index (κ3) is 4.56. The molecule has 0 radical (unpaired) electrons. The van der Waals surface area contributed by atoms with Crippen LogP contribution in [-0.4, -0.2) is 85.3 Å². The minimum atomic E-state index is -3.64. The van der Waals surface area contributed by atoms with Gasteiger partial charge in [-0.05, 0) is 26.7 Å². The van der Waals surface area contributed by atoms with E-state index in [1.807, 2.05) is 0 Å². The first-order valence-electron chi connectivity index (χ1n) is 9.89. The van der Waals surface area contributed by atoms with Crippen molar-refractivity contribution in [3.8, 4) is 0 Å². The van der Waals surface area contributed by atoms with Crippen molar-refractivity contribution in [3.63, 3.8) is 0 Å². The number of sulfonamides is 1. The van der Waals surface area contributed by atoms with Crippen molar-refractivity contribution in [2.24, 2.45) is 13.0 Å². The van der Waals surface area contributed by atoms with Crippen molar-refractivity contribution >= 4 is 15.9 Å². The summed E-state index contributed by atoms with van der Waals surface area (Å²) in [5.41, 5.74) is 0.603. The maximum absolute atomic E-state index is 13.0. The third-order valence-electron chi connectivity index (χ3n) is 5.80. The maximum atomic E-state index is 13.0. The second-order valence-corrected chi connectivity index (χ2v) is 9.57. The summed E-state index contributed by atoms with van der Waals surface area (Å²) < 4.78 is 34.3. The van der Waals surface area contributed by atoms with Crippen molar-refractivity contribution in [3.05, 3.63) is 11.9 Å². The zero-order valence-corrected chi connectivity index (χ0v) is 17.7. The molecule has 9 nitrogen and oxygen atoms in total. The lowest BCUT2D eigenvalue weighted by Gasteiger charge is -2.34. The van der Waals surface area contributed by atoms with Gasteiger partial charge >= 0.3 is 0 Å². The van der Waals surface area contributed by atoms with Crippen molar-refractivity contribution in [2.45, 2.75) is 37.6 Å². The summed E-state index contributed by atoms with van der Waals surface area (Å²) in [4.78, 5) is 15.2. The summed E-state index contributed by atoms with van der Waals surface area (Å²) in [7, 11) is -1.92. The summed E-state index contributed by atoms with van der Waals surface area (Å²) in [6.07, 6.45) is 2.77. The molecule has 2 aliphatic rings. The Bertz CT molecular complexity index is 788. The second-order valence-electron chi connectivity index (χ2n) is 7.66. The van der Waals surface area contributed by atoms with Crippen LogP contribution in [0.25, 0.3) is 0 Å². The van der Waals surface area contributed by atoms with Crippen LogP contribution in [0.4, 0.5) is 0 Å². The lowest BCUT2D eigenvalue weighted by molar-refractivity contribution is -0.126. The van der Waals surface area contributed by atoms with E-state index in [0.29, 0.717) is 31.6 Å². The largest absolute Gasteiger partial charge is 0.379 e. The molecule has 0 saturated carbocycles. The van der Waals surface area contributed by atoms with Gasteiger partial charge in [-0.15, -0.1) is 0 Å². The molecular weight excluding hydrogens is 382 g/mol. The monoisotopic (exact) mass is 413 g/mol. The number of nitrogens with zero attached hydrogens (tertiary/aromatic N) is 4. The molecule has 1 aromatic rings. The molecule has 0 aliphatic carbocycles. The molecule has 158 valence electrons. The number of piperidine rings is 1. The van der Waals surface area contributed by atoms with E-state index in [4.69, 9.17) is 4.74 Å². The minimum Gasteiger partial charge on any atom is -0.379 e. The predicted octanol–water partition coefficient (Wildman–Crippen LogP) is -0.0339. The van der Waals surface area contributed by atoms with Crippen molar-refractivity contribution in [2.75, 3.05) is 45.9 Å². The highest BCUT2D eigenvalue weighted by atomic mass is 32.2. The first-order chi connectivity index (χ1) is 13.3. The van der Waals surface area contributed by atoms with Gasteiger partial charge in [-0.1, -0.05) is 0 Å². The quantitative estimate of drug-likeness (QED) is 0.703. The van der Waals surface area contributed by atoms with Crippen molar-refractivity contribution in [1.82, 2.24) is 24.3 Å². The predicted molar refractivity (Wildman–Crippen MR) is 104 cm³/mol. The second kappa shape index (κ2) is 8.89. The number of aromatic nitrogens is 2. The van der Waals surface area contributed by atoms with Gasteiger partial charge in [-0.25, -0.2) is 8.42 Å². The molecule has 2 aliphatic heterocycles. The maximum Gasteiger partial charge on any atom is 0.246 e. The summed E-state index contributed by atoms with van der Waals surface area (Å²) >= 11 is 0. The molecule has 10 heteroatoms. The highest BCUT2D eigenvalue weighted by Crippen LogP contribution is 2.25. The minimum absolute atomic E-state index is 0.0667. The highest BCUT2D eigenvalue weighted by molar-refractivity contribution is 7.89. The molecule has 2 fully saturated rings. The van der Waals surface area contributed by atoms with Gasteiger partial charge in [0.05, 0.1) is 31.0 Å². The van der Waals surface area contributed by atoms with Crippen molar-refractivity contribution < 1.29 is 17.9 Å². The number of ether oxygens (including phenoxy) is 1. The average Bonchev–Trinajstić information content (AvgIpc) is 3.06. The number of carbonyl (C=O) groups excluding carboxylic acids is 1. The zero-order chi connectivity index (χ0) is 20.3. The molecular formula is C18H31N5O4S. The lowest BCUT2D eigenvalue weighted by Crippen LogP contribution is -2.50. The Hall–Kier alpha value is -1.49. The van der Waals surface area contributed by atoms with Crippen LogP contribution >= 0.6 is 0 Å². The van der Waals surface area contributed by atoms with Gasteiger partial charge in [0.25, 0.3) is 0 Å². The van der Waals surface area contributed by atoms with Crippen LogP contribution in [0.5, 0.6) is 0 Å². The highest BCUT2D eigenvalue weighted by Gasteiger charge is 2.35. The van der Waals surface area contributed by atoms with Crippen LogP contribution in [0.15, 0.2) is 11.1 Å². The molecule has 28 heavy (non-hydrogen) atoms. The first kappa shape index (κ1) is 21.2. The van der Waals surface area contributed by atoms with Crippen LogP contribution < -0.4 is 5.32 Å². The SMILES string of the molecule is Cc1c(S(=O)(=O)N2CCC[C@@H](C(=O)NC[C@@H](C)N3CCOCC3)C2)cnn1C. The number of hydrogen-bond donors (Lipinski definition) is 1. The van der Waals surface area contributed by atoms with Crippen molar-refractivity contribution in [1.29, 1.82) is 0 Å². The van der Waals surface area contributed by atoms with E-state index in [0.717, 1.165) is 26.3 Å². The Balaban J connectivity index is 1.58. The molecule has 1 aromatic heterocycles. The van der Waals surface area contributed by atoms with Gasteiger partial charge in [-0.3, -0.25) is 14.4 Å². The third-order valence-corrected chi connectivity index (χ3v) is 7.77. The number of nitrogens with one attached hydrogen (secondary N) is 1. The van der Waals surface area contributed by atoms with Gasteiger partial charge in [-0.2, -0.15) is 9.40 Å². The molecule has 2 saturated heterocycles. The standard InChI is InChI=1S/C18H31N5O4S/c1-14(22-7-9-27-10-8-22)11-19-18(24)16-5-4-6-23(13-16)28(25,26)17-12-20-21(3)15(17)2/h12,14,16H,4-11,13H2,1-3H3,(H,19,24)/t14-,16-/m1/s1. The molecule has 1 amide bonds. The average molecular weight is 414 g/mol. The van der Waals surface area contributed by atoms with Crippen LogP contribution in [0.2, 0.25) is 0 Å². The molecule has 0 unspecified atom stereocenters. The van der Waals surface area contributed by atoms with Gasteiger partial charge in [0.1, 0.15) is 4.90 Å². The fourth-order valence-electron chi connectivity index (χ4n) is 3.79. The normalized spacial score (nSPS) is 23.5. The summed E-state index contributed by atoms with van der Waals surface area (Å²) in [6.45, 7) is 8.23. The van der Waals surface area contributed by atoms with Crippen LogP contribution in [-0.2, 0) is 26.6 Å². The summed E-state index contributed by atoms with van der Waals surface area (Å²) in [6, 6.07) is 0.231. The molecule has 3 heterocycles. The van der Waals surface area contributed by atoms with Gasteiger partial charge in [0.2, 0.25) is 15.9 Å². The van der Waals surface area contributed by atoms with E-state index in [9.17, 15) is 13.2 Å². The summed E-state index contributed by atoms with van der Waals surface area (Å²) in [5.74, 6) is -0.389. The van der Waals surface area contributed by atoms with Gasteiger partial charge in [0, 0.05) is 45.8 Å². The molecule has 0 aromatic carbocycles. The van der Waals surface area contributed by atoms with Crippen LogP contribution in [0, 0.1) is 12.8 Å². The number of carbonyl (C=O) groups is 1. The molecule has 0 spiro atoms. The molecule has 0 bridgehead atoms. The molecule has 3 rings (SSSR count). The number of aryl methyl sites for hydroxylation is 1. The Morgan fingerprint density at radius 1 is 1.36 bits per heavy atom. The van der Waals surface area contributed by atoms with Crippen LogP contribution in [0.1, 0.15) is 25.5 Å². The fourth-order valence-corrected chi connectivity index (χ4v) is 5.50. The van der Waals surface area contributed by atoms with Crippen LogP contribution in [0.3, 0.4) is 0 Å². The first-order valence-corrected chi connectivity index (χ1v) is 11.3. The number of rotatable bonds is 6. The summed E-state index contributed by atoms with van der Waals surface area (Å²) in [5, 5.41) is 7.06. The Labute approximate surface area is 167 Å². The van der Waals surface area contributed by atoms with Gasteiger partial charge in [0.15, 0.2) is 0 Å². The molecule has 1 N–H and O–H groups in total. The van der Waals surface area contributed by atoms with E-state index in [1.165, 1.54) is 10.5 Å². The number of morpholine rings is 1. The Kier molecular flexibility index (Phi) is 6.74. The lowest BCUT2D eigenvalue weighted by atomic mass is 9.99. The topological polar surface area (TPSA) is 96.8 Å². The number of amides is 1. The zero-order valence-electron chi connectivity index (χ0n) is 16.9. The Morgan fingerprint density at radius 3 is 2.71 bits per heavy atom. The van der Waals surface area contributed by atoms with E-state index in [1.54, 1.807) is 18.7 Å². The Morgan fingerprint density at radius 2 is 2.07 bits per heavy atom. The van der Waals surface area contributed by atoms with E-state index >= 15 is 0 Å². The van der Waals surface area contributed by atoms with Gasteiger partial charge < -0.3 is 10.1 Å². The number of hydrogen-bond acceptors (Lipinski definition) is 6. The van der Waals surface area contributed by atoms with E-state index in [-0.39, 0.29) is 29.3 Å². The molecule has 2 atom stereocenters. The van der Waals surface area contributed by atoms with E-state index in [2.05, 4.69) is 22.2 Å². The fraction of sp³-hybridized carbons (Fsp3) is 0.778.